The van der Waals surface area contributed by atoms with Crippen LogP contribution in [0.1, 0.15) is 12.0 Å². The second-order valence-corrected chi connectivity index (χ2v) is 4.84. The van der Waals surface area contributed by atoms with Crippen LogP contribution >= 0.6 is 23.1 Å². The maximum absolute atomic E-state index is 11.4. The number of thiophene rings is 1. The van der Waals surface area contributed by atoms with Crippen molar-refractivity contribution in [1.29, 1.82) is 10.7 Å². The molecule has 16 heavy (non-hydrogen) atoms. The van der Waals surface area contributed by atoms with Gasteiger partial charge < -0.3 is 11.1 Å². The molecule has 0 aliphatic carbocycles. The van der Waals surface area contributed by atoms with Gasteiger partial charge in [-0.3, -0.25) is 10.2 Å². The first-order valence-corrected chi connectivity index (χ1v) is 6.24. The van der Waals surface area contributed by atoms with Crippen molar-refractivity contribution in [2.24, 2.45) is 5.73 Å². The predicted molar refractivity (Wildman–Crippen MR) is 66.7 cm³/mol. The molecule has 0 aliphatic heterocycles. The number of rotatable bonds is 4. The zero-order chi connectivity index (χ0) is 12.0. The van der Waals surface area contributed by atoms with Gasteiger partial charge in [-0.15, -0.1) is 11.3 Å². The lowest BCUT2D eigenvalue weighted by Gasteiger charge is -2.02. The first-order valence-electron chi connectivity index (χ1n) is 4.37. The minimum Gasteiger partial charge on any atom is -0.379 e. The number of nitriles is 1. The predicted octanol–water partition coefficient (Wildman–Crippen LogP) is 1.58. The number of amides is 1. The van der Waals surface area contributed by atoms with Crippen molar-refractivity contribution in [1.82, 2.24) is 0 Å². The maximum atomic E-state index is 11.4. The van der Waals surface area contributed by atoms with Gasteiger partial charge in [-0.1, -0.05) is 11.8 Å². The highest BCUT2D eigenvalue weighted by molar-refractivity contribution is 8.13. The van der Waals surface area contributed by atoms with E-state index >= 15 is 0 Å². The van der Waals surface area contributed by atoms with Crippen LogP contribution in [-0.4, -0.2) is 16.8 Å². The Labute approximate surface area is 101 Å². The Kier molecular flexibility index (Phi) is 4.82. The monoisotopic (exact) mass is 254 g/mol. The summed E-state index contributed by atoms with van der Waals surface area (Å²) in [5.41, 5.74) is 5.60. The molecule has 0 bridgehead atoms. The van der Waals surface area contributed by atoms with Crippen LogP contribution in [0.25, 0.3) is 0 Å². The first kappa shape index (κ1) is 12.5. The number of anilines is 1. The molecule has 1 heterocycles. The third-order valence-electron chi connectivity index (χ3n) is 1.63. The molecular weight excluding hydrogens is 244 g/mol. The van der Waals surface area contributed by atoms with Gasteiger partial charge in [0.1, 0.15) is 11.1 Å². The van der Waals surface area contributed by atoms with E-state index in [1.807, 2.05) is 6.07 Å². The molecule has 1 amide bonds. The number of nitrogens with zero attached hydrogens (tertiary/aromatic N) is 1. The number of amidine groups is 1. The average Bonchev–Trinajstić information content (AvgIpc) is 2.64. The molecule has 0 saturated carbocycles. The summed E-state index contributed by atoms with van der Waals surface area (Å²) in [6, 6.07) is 3.65. The number of carbonyl (C=O) groups excluding carboxylic acids is 1. The molecule has 7 heteroatoms. The molecule has 0 atom stereocenters. The van der Waals surface area contributed by atoms with Gasteiger partial charge in [-0.05, 0) is 11.4 Å². The maximum Gasteiger partial charge on any atom is 0.225 e. The van der Waals surface area contributed by atoms with Crippen molar-refractivity contribution in [3.05, 3.63) is 17.0 Å². The molecule has 0 fully saturated rings. The quantitative estimate of drug-likeness (QED) is 0.560. The summed E-state index contributed by atoms with van der Waals surface area (Å²) >= 11 is 2.43. The van der Waals surface area contributed by atoms with Crippen LogP contribution in [0.15, 0.2) is 11.4 Å². The van der Waals surface area contributed by atoms with Crippen LogP contribution in [0.4, 0.5) is 5.00 Å². The number of thioether (sulfide) groups is 1. The van der Waals surface area contributed by atoms with E-state index in [0.717, 1.165) is 11.8 Å². The van der Waals surface area contributed by atoms with E-state index in [9.17, 15) is 4.79 Å². The van der Waals surface area contributed by atoms with Gasteiger partial charge in [0.2, 0.25) is 5.91 Å². The molecule has 4 N–H and O–H groups in total. The average molecular weight is 254 g/mol. The summed E-state index contributed by atoms with van der Waals surface area (Å²) in [6.45, 7) is 0. The lowest BCUT2D eigenvalue weighted by atomic mass is 10.3. The standard InChI is InChI=1S/C9H10N4OS2/c10-5-6-1-3-15-8(6)13-7(14)2-4-16-9(11)12/h1,3H,2,4H2,(H3,11,12)(H,13,14). The molecule has 84 valence electrons. The van der Waals surface area contributed by atoms with Crippen molar-refractivity contribution in [3.8, 4) is 6.07 Å². The van der Waals surface area contributed by atoms with Gasteiger partial charge >= 0.3 is 0 Å². The summed E-state index contributed by atoms with van der Waals surface area (Å²) in [7, 11) is 0. The van der Waals surface area contributed by atoms with Gasteiger partial charge in [0.15, 0.2) is 5.17 Å². The summed E-state index contributed by atoms with van der Waals surface area (Å²) in [6.07, 6.45) is 0.271. The summed E-state index contributed by atoms with van der Waals surface area (Å²) in [5, 5.41) is 20.7. The zero-order valence-electron chi connectivity index (χ0n) is 8.32. The normalized spacial score (nSPS) is 9.44. The third-order valence-corrected chi connectivity index (χ3v) is 3.17. The van der Waals surface area contributed by atoms with Crippen molar-refractivity contribution in [2.75, 3.05) is 11.1 Å². The molecular formula is C9H10N4OS2. The highest BCUT2D eigenvalue weighted by atomic mass is 32.2. The third kappa shape index (κ3) is 3.92. The van der Waals surface area contributed by atoms with Crippen molar-refractivity contribution >= 4 is 39.2 Å². The molecule has 0 aromatic carbocycles. The fourth-order valence-electron chi connectivity index (χ4n) is 0.937. The highest BCUT2D eigenvalue weighted by Crippen LogP contribution is 2.22. The molecule has 5 nitrogen and oxygen atoms in total. The summed E-state index contributed by atoms with van der Waals surface area (Å²) in [4.78, 5) is 11.4. The van der Waals surface area contributed by atoms with E-state index in [2.05, 4.69) is 5.32 Å². The Bertz CT molecular complexity index is 435. The second-order valence-electron chi connectivity index (χ2n) is 2.79. The van der Waals surface area contributed by atoms with Crippen molar-refractivity contribution in [2.45, 2.75) is 6.42 Å². The topological polar surface area (TPSA) is 103 Å². The minimum atomic E-state index is -0.173. The summed E-state index contributed by atoms with van der Waals surface area (Å²) < 4.78 is 0. The molecule has 0 radical (unpaired) electrons. The number of nitrogens with two attached hydrogens (primary N) is 1. The first-order chi connectivity index (χ1) is 7.63. The van der Waals surface area contributed by atoms with Crippen molar-refractivity contribution in [3.63, 3.8) is 0 Å². The van der Waals surface area contributed by atoms with E-state index in [-0.39, 0.29) is 17.5 Å². The summed E-state index contributed by atoms with van der Waals surface area (Å²) in [5.74, 6) is 0.293. The Balaban J connectivity index is 2.40. The molecule has 0 saturated heterocycles. The van der Waals surface area contributed by atoms with E-state index in [0.29, 0.717) is 16.3 Å². The van der Waals surface area contributed by atoms with Gasteiger partial charge in [0.05, 0.1) is 5.56 Å². The van der Waals surface area contributed by atoms with E-state index in [1.165, 1.54) is 11.3 Å². The fourth-order valence-corrected chi connectivity index (χ4v) is 2.20. The van der Waals surface area contributed by atoms with Gasteiger partial charge in [-0.2, -0.15) is 5.26 Å². The van der Waals surface area contributed by atoms with Crippen LogP contribution in [0.2, 0.25) is 0 Å². The van der Waals surface area contributed by atoms with E-state index < -0.39 is 0 Å². The van der Waals surface area contributed by atoms with Crippen LogP contribution in [0.5, 0.6) is 0 Å². The van der Waals surface area contributed by atoms with Crippen molar-refractivity contribution < 1.29 is 4.79 Å². The zero-order valence-corrected chi connectivity index (χ0v) is 9.95. The molecule has 1 rings (SSSR count). The second kappa shape index (κ2) is 6.15. The molecule has 0 aliphatic rings. The Morgan fingerprint density at radius 3 is 3.12 bits per heavy atom. The highest BCUT2D eigenvalue weighted by Gasteiger charge is 2.07. The number of carbonyl (C=O) groups is 1. The van der Waals surface area contributed by atoms with Crippen LogP contribution in [0.3, 0.4) is 0 Å². The SMILES string of the molecule is N#Cc1ccsc1NC(=O)CCSC(=N)N. The van der Waals surface area contributed by atoms with Gasteiger partial charge in [0.25, 0.3) is 0 Å². The number of hydrogen-bond acceptors (Lipinski definition) is 5. The minimum absolute atomic E-state index is 0.00152. The lowest BCUT2D eigenvalue weighted by molar-refractivity contribution is -0.115. The van der Waals surface area contributed by atoms with E-state index in [1.54, 1.807) is 11.4 Å². The number of hydrogen-bond donors (Lipinski definition) is 3. The Morgan fingerprint density at radius 1 is 1.75 bits per heavy atom. The Hall–Kier alpha value is -1.52. The fraction of sp³-hybridized carbons (Fsp3) is 0.222. The van der Waals surface area contributed by atoms with Gasteiger partial charge in [0, 0.05) is 12.2 Å². The number of nitrogens with one attached hydrogen (secondary N) is 2. The van der Waals surface area contributed by atoms with Crippen LogP contribution in [0, 0.1) is 16.7 Å². The lowest BCUT2D eigenvalue weighted by Crippen LogP contribution is -2.13. The van der Waals surface area contributed by atoms with Crippen LogP contribution in [-0.2, 0) is 4.79 Å². The molecule has 1 aromatic rings. The Morgan fingerprint density at radius 2 is 2.50 bits per heavy atom. The van der Waals surface area contributed by atoms with E-state index in [4.69, 9.17) is 16.4 Å². The van der Waals surface area contributed by atoms with Gasteiger partial charge in [-0.25, -0.2) is 0 Å². The molecule has 1 aromatic heterocycles. The molecule has 0 spiro atoms. The smallest absolute Gasteiger partial charge is 0.225 e. The largest absolute Gasteiger partial charge is 0.379 e. The van der Waals surface area contributed by atoms with Crippen LogP contribution < -0.4 is 11.1 Å². The molecule has 0 unspecified atom stereocenters.